The Balaban J connectivity index is 2.30. The van der Waals surface area contributed by atoms with Gasteiger partial charge in [-0.15, -0.1) is 0 Å². The van der Waals surface area contributed by atoms with Crippen LogP contribution >= 0.6 is 0 Å². The number of rotatable bonds is 5. The van der Waals surface area contributed by atoms with Gasteiger partial charge in [-0.2, -0.15) is 5.26 Å². The lowest BCUT2D eigenvalue weighted by Crippen LogP contribution is -2.34. The van der Waals surface area contributed by atoms with E-state index in [0.29, 0.717) is 11.4 Å². The maximum absolute atomic E-state index is 11.1. The highest BCUT2D eigenvalue weighted by Gasteiger charge is 2.21. The van der Waals surface area contributed by atoms with Crippen LogP contribution in [0.4, 0.5) is 5.82 Å². The number of fused-ring (bicyclic) bond motifs is 1. The van der Waals surface area contributed by atoms with Gasteiger partial charge in [-0.1, -0.05) is 0 Å². The number of nitriles is 1. The minimum atomic E-state index is -1.03. The van der Waals surface area contributed by atoms with Crippen molar-refractivity contribution in [1.82, 2.24) is 4.98 Å². The summed E-state index contributed by atoms with van der Waals surface area (Å²) in [6.07, 6.45) is 3.98. The van der Waals surface area contributed by atoms with Crippen LogP contribution < -0.4 is 5.32 Å². The van der Waals surface area contributed by atoms with E-state index in [4.69, 9.17) is 9.84 Å². The average molecular weight is 275 g/mol. The number of carbonyl (C=O) groups is 1. The first-order chi connectivity index (χ1) is 9.65. The summed E-state index contributed by atoms with van der Waals surface area (Å²) < 4.78 is 4.87. The number of aliphatic carboxylic acids is 1. The Kier molecular flexibility index (Phi) is 4.53. The average Bonchev–Trinajstić information content (AvgIpc) is 2.45. The molecule has 0 saturated heterocycles. The fraction of sp³-hybridized carbons (Fsp3) is 0.500. The summed E-state index contributed by atoms with van der Waals surface area (Å²) in [5.41, 5.74) is 2.43. The number of nitrogens with one attached hydrogen (secondary N) is 1. The molecule has 0 spiro atoms. The number of pyridine rings is 1. The van der Waals surface area contributed by atoms with E-state index < -0.39 is 12.0 Å². The molecule has 0 aromatic carbocycles. The van der Waals surface area contributed by atoms with Crippen LogP contribution in [0.1, 0.15) is 29.7 Å². The van der Waals surface area contributed by atoms with E-state index >= 15 is 0 Å². The number of ether oxygens (including phenoxy) is 1. The fourth-order valence-electron chi connectivity index (χ4n) is 2.34. The lowest BCUT2D eigenvalue weighted by atomic mass is 9.95. The molecule has 1 aromatic heterocycles. The van der Waals surface area contributed by atoms with Crippen LogP contribution in [0.15, 0.2) is 6.07 Å². The predicted octanol–water partition coefficient (Wildman–Crippen LogP) is 1.34. The molecule has 0 saturated carbocycles. The third-order valence-corrected chi connectivity index (χ3v) is 3.36. The monoisotopic (exact) mass is 275 g/mol. The van der Waals surface area contributed by atoms with Crippen molar-refractivity contribution in [3.8, 4) is 6.07 Å². The van der Waals surface area contributed by atoms with Crippen LogP contribution in [0.25, 0.3) is 0 Å². The van der Waals surface area contributed by atoms with E-state index in [9.17, 15) is 10.1 Å². The van der Waals surface area contributed by atoms with Crippen molar-refractivity contribution in [3.63, 3.8) is 0 Å². The number of hydrogen-bond acceptors (Lipinski definition) is 5. The summed E-state index contributed by atoms with van der Waals surface area (Å²) in [6.45, 7) is 0.0129. The van der Waals surface area contributed by atoms with Gasteiger partial charge in [0.2, 0.25) is 0 Å². The van der Waals surface area contributed by atoms with Crippen molar-refractivity contribution in [1.29, 1.82) is 5.26 Å². The molecular weight excluding hydrogens is 258 g/mol. The second-order valence-corrected chi connectivity index (χ2v) is 4.80. The Hall–Kier alpha value is -2.13. The number of carboxylic acid groups (broad SMARTS) is 1. The quantitative estimate of drug-likeness (QED) is 0.842. The van der Waals surface area contributed by atoms with E-state index in [1.165, 1.54) is 7.11 Å². The molecule has 0 aliphatic heterocycles. The van der Waals surface area contributed by atoms with Gasteiger partial charge < -0.3 is 15.2 Å². The Bertz CT molecular complexity index is 551. The Labute approximate surface area is 117 Å². The molecule has 1 aliphatic rings. The molecule has 1 aliphatic carbocycles. The first-order valence-electron chi connectivity index (χ1n) is 6.57. The summed E-state index contributed by atoms with van der Waals surface area (Å²) in [7, 11) is 1.43. The summed E-state index contributed by atoms with van der Waals surface area (Å²) in [4.78, 5) is 15.6. The van der Waals surface area contributed by atoms with E-state index in [1.54, 1.807) is 0 Å². The third-order valence-electron chi connectivity index (χ3n) is 3.36. The summed E-state index contributed by atoms with van der Waals surface area (Å²) in [6, 6.07) is 2.97. The Morgan fingerprint density at radius 1 is 1.60 bits per heavy atom. The van der Waals surface area contributed by atoms with Crippen molar-refractivity contribution in [2.75, 3.05) is 19.0 Å². The molecule has 0 fully saturated rings. The molecule has 1 aromatic rings. The number of aromatic nitrogens is 1. The van der Waals surface area contributed by atoms with Crippen molar-refractivity contribution in [2.45, 2.75) is 31.7 Å². The Morgan fingerprint density at radius 3 is 3.00 bits per heavy atom. The van der Waals surface area contributed by atoms with E-state index in [1.807, 2.05) is 6.07 Å². The second kappa shape index (κ2) is 6.35. The van der Waals surface area contributed by atoms with Gasteiger partial charge in [0.1, 0.15) is 17.9 Å². The van der Waals surface area contributed by atoms with E-state index in [-0.39, 0.29) is 6.61 Å². The molecule has 0 bridgehead atoms. The lowest BCUT2D eigenvalue weighted by molar-refractivity contribution is -0.139. The summed E-state index contributed by atoms with van der Waals surface area (Å²) in [5.74, 6) is -0.701. The van der Waals surface area contributed by atoms with Crippen LogP contribution in [0, 0.1) is 11.3 Å². The predicted molar refractivity (Wildman–Crippen MR) is 72.5 cm³/mol. The van der Waals surface area contributed by atoms with Gasteiger partial charge in [-0.3, -0.25) is 0 Å². The summed E-state index contributed by atoms with van der Waals surface area (Å²) in [5, 5.41) is 21.1. The molecule has 0 radical (unpaired) electrons. The van der Waals surface area contributed by atoms with E-state index in [2.05, 4.69) is 16.4 Å². The van der Waals surface area contributed by atoms with Crippen LogP contribution in [0.3, 0.4) is 0 Å². The van der Waals surface area contributed by atoms with Crippen LogP contribution in [-0.4, -0.2) is 35.8 Å². The molecule has 20 heavy (non-hydrogen) atoms. The maximum Gasteiger partial charge on any atom is 0.328 e. The van der Waals surface area contributed by atoms with Crippen molar-refractivity contribution in [2.24, 2.45) is 0 Å². The molecular formula is C14H17N3O3. The van der Waals surface area contributed by atoms with Gasteiger partial charge in [0.25, 0.3) is 0 Å². The van der Waals surface area contributed by atoms with Gasteiger partial charge in [0.15, 0.2) is 0 Å². The highest BCUT2D eigenvalue weighted by molar-refractivity contribution is 5.77. The number of aryl methyl sites for hydroxylation is 2. The highest BCUT2D eigenvalue weighted by Crippen LogP contribution is 2.24. The summed E-state index contributed by atoms with van der Waals surface area (Å²) >= 11 is 0. The fourth-order valence-corrected chi connectivity index (χ4v) is 2.34. The van der Waals surface area contributed by atoms with Crippen LogP contribution in [-0.2, 0) is 22.4 Å². The molecule has 6 heteroatoms. The zero-order valence-electron chi connectivity index (χ0n) is 11.3. The van der Waals surface area contributed by atoms with Gasteiger partial charge in [-0.25, -0.2) is 9.78 Å². The lowest BCUT2D eigenvalue weighted by Gasteiger charge is -2.19. The number of carboxylic acids is 1. The number of anilines is 1. The molecule has 106 valence electrons. The highest BCUT2D eigenvalue weighted by atomic mass is 16.5. The molecule has 1 atom stereocenters. The number of methoxy groups -OCH3 is 1. The van der Waals surface area contributed by atoms with Crippen molar-refractivity contribution >= 4 is 11.8 Å². The number of hydrogen-bond donors (Lipinski definition) is 2. The largest absolute Gasteiger partial charge is 0.480 e. The van der Waals surface area contributed by atoms with E-state index in [0.717, 1.165) is 36.9 Å². The third kappa shape index (κ3) is 3.06. The Morgan fingerprint density at radius 2 is 2.35 bits per heavy atom. The standard InChI is InChI=1S/C14H17N3O3/c1-20-8-12(14(18)19)17-13-10(7-15)6-9-4-2-3-5-11(9)16-13/h6,12H,2-5,8H2,1H3,(H,16,17)(H,18,19). The van der Waals surface area contributed by atoms with Gasteiger partial charge >= 0.3 is 5.97 Å². The molecule has 2 rings (SSSR count). The zero-order chi connectivity index (χ0) is 14.5. The SMILES string of the molecule is COCC(Nc1nc2c(cc1C#N)CCCC2)C(=O)O. The molecule has 1 heterocycles. The van der Waals surface area contributed by atoms with Gasteiger partial charge in [0, 0.05) is 12.8 Å². The van der Waals surface area contributed by atoms with Crippen LogP contribution in [0.2, 0.25) is 0 Å². The molecule has 2 N–H and O–H groups in total. The molecule has 0 amide bonds. The number of nitrogens with zero attached hydrogens (tertiary/aromatic N) is 2. The maximum atomic E-state index is 11.1. The minimum absolute atomic E-state index is 0.0129. The second-order valence-electron chi connectivity index (χ2n) is 4.80. The van der Waals surface area contributed by atoms with Crippen molar-refractivity contribution in [3.05, 3.63) is 22.9 Å². The molecule has 1 unspecified atom stereocenters. The van der Waals surface area contributed by atoms with Gasteiger partial charge in [0.05, 0.1) is 12.2 Å². The zero-order valence-corrected chi connectivity index (χ0v) is 11.3. The minimum Gasteiger partial charge on any atom is -0.480 e. The normalized spacial score (nSPS) is 15.0. The van der Waals surface area contributed by atoms with Crippen LogP contribution in [0.5, 0.6) is 0 Å². The first-order valence-corrected chi connectivity index (χ1v) is 6.57. The first kappa shape index (κ1) is 14.3. The van der Waals surface area contributed by atoms with Gasteiger partial charge in [-0.05, 0) is 37.3 Å². The topological polar surface area (TPSA) is 95.2 Å². The smallest absolute Gasteiger partial charge is 0.328 e. The van der Waals surface area contributed by atoms with Crippen molar-refractivity contribution < 1.29 is 14.6 Å². The molecule has 6 nitrogen and oxygen atoms in total.